The first-order valence-electron chi connectivity index (χ1n) is 6.33. The minimum Gasteiger partial charge on any atom is -0.370 e. The molecule has 0 radical (unpaired) electrons. The molecule has 1 aromatic heterocycles. The quantitative estimate of drug-likeness (QED) is 0.890. The molecule has 1 aliphatic heterocycles. The standard InChI is InChI=1S/C12H19ClN4O/c1-3-17-12(18)11(13)10(7-15-17)16(2)8-9-5-4-6-14-9/h7,9,14H,3-6,8H2,1-2H3. The highest BCUT2D eigenvalue weighted by molar-refractivity contribution is 6.33. The van der Waals surface area contributed by atoms with E-state index in [1.807, 2.05) is 18.9 Å². The number of halogens is 1. The van der Waals surface area contributed by atoms with Crippen molar-refractivity contribution >= 4 is 17.3 Å². The molecule has 0 spiro atoms. The van der Waals surface area contributed by atoms with Gasteiger partial charge in [0.1, 0.15) is 5.02 Å². The Morgan fingerprint density at radius 1 is 1.67 bits per heavy atom. The average molecular weight is 271 g/mol. The first-order chi connectivity index (χ1) is 8.63. The number of nitrogens with zero attached hydrogens (tertiary/aromatic N) is 3. The molecule has 0 aromatic carbocycles. The molecule has 0 saturated carbocycles. The minimum absolute atomic E-state index is 0.220. The van der Waals surface area contributed by atoms with Crippen LogP contribution in [-0.4, -0.2) is 36.0 Å². The van der Waals surface area contributed by atoms with E-state index in [2.05, 4.69) is 10.4 Å². The second-order valence-electron chi connectivity index (χ2n) is 4.64. The van der Waals surface area contributed by atoms with Gasteiger partial charge in [-0.2, -0.15) is 5.10 Å². The third-order valence-corrected chi connectivity index (χ3v) is 3.69. The van der Waals surface area contributed by atoms with E-state index >= 15 is 0 Å². The van der Waals surface area contributed by atoms with Crippen molar-refractivity contribution in [1.82, 2.24) is 15.1 Å². The lowest BCUT2D eigenvalue weighted by Crippen LogP contribution is -2.36. The molecule has 1 fully saturated rings. The van der Waals surface area contributed by atoms with Crippen molar-refractivity contribution in [3.8, 4) is 0 Å². The van der Waals surface area contributed by atoms with Crippen LogP contribution in [0.1, 0.15) is 19.8 Å². The van der Waals surface area contributed by atoms with Crippen LogP contribution >= 0.6 is 11.6 Å². The molecule has 0 aliphatic carbocycles. The second-order valence-corrected chi connectivity index (χ2v) is 5.02. The third kappa shape index (κ3) is 2.67. The molecule has 0 bridgehead atoms. The van der Waals surface area contributed by atoms with Crippen molar-refractivity contribution in [2.75, 3.05) is 25.0 Å². The maximum Gasteiger partial charge on any atom is 0.287 e. The van der Waals surface area contributed by atoms with E-state index in [9.17, 15) is 4.79 Å². The molecule has 2 rings (SSSR count). The third-order valence-electron chi connectivity index (χ3n) is 3.33. The summed E-state index contributed by atoms with van der Waals surface area (Å²) in [5, 5.41) is 7.79. The summed E-state index contributed by atoms with van der Waals surface area (Å²) in [6, 6.07) is 0.472. The molecule has 1 atom stereocenters. The van der Waals surface area contributed by atoms with Gasteiger partial charge in [0.25, 0.3) is 5.56 Å². The van der Waals surface area contributed by atoms with Gasteiger partial charge in [0.05, 0.1) is 11.9 Å². The molecule has 1 saturated heterocycles. The summed E-state index contributed by atoms with van der Waals surface area (Å²) < 4.78 is 1.37. The first kappa shape index (κ1) is 13.4. The van der Waals surface area contributed by atoms with Crippen LogP contribution in [0, 0.1) is 0 Å². The fraction of sp³-hybridized carbons (Fsp3) is 0.667. The zero-order valence-electron chi connectivity index (χ0n) is 10.8. The number of aromatic nitrogens is 2. The predicted molar refractivity (Wildman–Crippen MR) is 73.5 cm³/mol. The number of hydrogen-bond acceptors (Lipinski definition) is 4. The smallest absolute Gasteiger partial charge is 0.287 e. The Morgan fingerprint density at radius 2 is 2.44 bits per heavy atom. The molecule has 1 N–H and O–H groups in total. The predicted octanol–water partition coefficient (Wildman–Crippen LogP) is 1.10. The fourth-order valence-corrected chi connectivity index (χ4v) is 2.58. The first-order valence-corrected chi connectivity index (χ1v) is 6.71. The zero-order valence-corrected chi connectivity index (χ0v) is 11.6. The summed E-state index contributed by atoms with van der Waals surface area (Å²) in [5.41, 5.74) is 0.489. The van der Waals surface area contributed by atoms with Crippen molar-refractivity contribution in [1.29, 1.82) is 0 Å². The molecule has 18 heavy (non-hydrogen) atoms. The summed E-state index contributed by atoms with van der Waals surface area (Å²) in [7, 11) is 1.94. The Balaban J connectivity index is 2.17. The number of hydrogen-bond donors (Lipinski definition) is 1. The number of aryl methyl sites for hydroxylation is 1. The topological polar surface area (TPSA) is 50.2 Å². The number of anilines is 1. The summed E-state index contributed by atoms with van der Waals surface area (Å²) in [6.07, 6.45) is 4.05. The SMILES string of the molecule is CCn1ncc(N(C)CC2CCCN2)c(Cl)c1=O. The highest BCUT2D eigenvalue weighted by Crippen LogP contribution is 2.20. The second kappa shape index (κ2) is 5.71. The van der Waals surface area contributed by atoms with Gasteiger partial charge in [0, 0.05) is 26.2 Å². The number of likely N-dealkylation sites (N-methyl/N-ethyl adjacent to an activating group) is 1. The van der Waals surface area contributed by atoms with Gasteiger partial charge >= 0.3 is 0 Å². The lowest BCUT2D eigenvalue weighted by Gasteiger charge is -2.23. The molecule has 100 valence electrons. The van der Waals surface area contributed by atoms with E-state index in [4.69, 9.17) is 11.6 Å². The largest absolute Gasteiger partial charge is 0.370 e. The Bertz CT molecular complexity index is 468. The number of nitrogens with one attached hydrogen (secondary N) is 1. The molecule has 6 heteroatoms. The van der Waals surface area contributed by atoms with Gasteiger partial charge < -0.3 is 10.2 Å². The van der Waals surface area contributed by atoms with E-state index in [0.717, 1.165) is 13.1 Å². The Hall–Kier alpha value is -1.07. The maximum atomic E-state index is 11.9. The van der Waals surface area contributed by atoms with Crippen molar-refractivity contribution < 1.29 is 0 Å². The summed E-state index contributed by atoms with van der Waals surface area (Å²) in [6.45, 7) is 4.32. The van der Waals surface area contributed by atoms with Gasteiger partial charge in [0.15, 0.2) is 0 Å². The molecule has 2 heterocycles. The van der Waals surface area contributed by atoms with Gasteiger partial charge in [0.2, 0.25) is 0 Å². The maximum absolute atomic E-state index is 11.9. The highest BCUT2D eigenvalue weighted by Gasteiger charge is 2.18. The Morgan fingerprint density at radius 3 is 3.06 bits per heavy atom. The lowest BCUT2D eigenvalue weighted by molar-refractivity contribution is 0.591. The molecule has 0 amide bonds. The molecule has 1 aromatic rings. The summed E-state index contributed by atoms with van der Waals surface area (Å²) in [5.74, 6) is 0. The lowest BCUT2D eigenvalue weighted by atomic mass is 10.2. The van der Waals surface area contributed by atoms with Crippen LogP contribution in [0.25, 0.3) is 0 Å². The minimum atomic E-state index is -0.220. The highest BCUT2D eigenvalue weighted by atomic mass is 35.5. The van der Waals surface area contributed by atoms with Crippen molar-refractivity contribution in [3.05, 3.63) is 21.6 Å². The average Bonchev–Trinajstić information content (AvgIpc) is 2.85. The molecule has 1 unspecified atom stereocenters. The van der Waals surface area contributed by atoms with Gasteiger partial charge in [-0.05, 0) is 26.3 Å². The monoisotopic (exact) mass is 270 g/mol. The summed E-state index contributed by atoms with van der Waals surface area (Å²) in [4.78, 5) is 13.9. The Kier molecular flexibility index (Phi) is 4.24. The molecule has 1 aliphatic rings. The van der Waals surface area contributed by atoms with Gasteiger partial charge in [-0.1, -0.05) is 11.6 Å². The number of rotatable bonds is 4. The van der Waals surface area contributed by atoms with Crippen molar-refractivity contribution in [2.45, 2.75) is 32.4 Å². The van der Waals surface area contributed by atoms with E-state index < -0.39 is 0 Å². The van der Waals surface area contributed by atoms with E-state index in [1.54, 1.807) is 6.20 Å². The van der Waals surface area contributed by atoms with E-state index in [-0.39, 0.29) is 10.6 Å². The van der Waals surface area contributed by atoms with Crippen LogP contribution in [0.4, 0.5) is 5.69 Å². The van der Waals surface area contributed by atoms with E-state index in [0.29, 0.717) is 18.3 Å². The van der Waals surface area contributed by atoms with Crippen LogP contribution < -0.4 is 15.8 Å². The van der Waals surface area contributed by atoms with Crippen LogP contribution in [0.15, 0.2) is 11.0 Å². The normalized spacial score (nSPS) is 19.2. The van der Waals surface area contributed by atoms with Crippen molar-refractivity contribution in [3.63, 3.8) is 0 Å². The van der Waals surface area contributed by atoms with E-state index in [1.165, 1.54) is 17.5 Å². The van der Waals surface area contributed by atoms with Crippen molar-refractivity contribution in [2.24, 2.45) is 0 Å². The van der Waals surface area contributed by atoms with Gasteiger partial charge in [-0.15, -0.1) is 0 Å². The zero-order chi connectivity index (χ0) is 13.1. The molecule has 5 nitrogen and oxygen atoms in total. The van der Waals surface area contributed by atoms with Crippen LogP contribution in [-0.2, 0) is 6.54 Å². The van der Waals surface area contributed by atoms with Crippen LogP contribution in [0.2, 0.25) is 5.02 Å². The van der Waals surface area contributed by atoms with Crippen LogP contribution in [0.5, 0.6) is 0 Å². The van der Waals surface area contributed by atoms with Gasteiger partial charge in [-0.3, -0.25) is 4.79 Å². The molecular formula is C12H19ClN4O. The molecular weight excluding hydrogens is 252 g/mol. The Labute approximate surface area is 112 Å². The fourth-order valence-electron chi connectivity index (χ4n) is 2.29. The van der Waals surface area contributed by atoms with Gasteiger partial charge in [-0.25, -0.2) is 4.68 Å². The van der Waals surface area contributed by atoms with Crippen LogP contribution in [0.3, 0.4) is 0 Å². The summed E-state index contributed by atoms with van der Waals surface area (Å²) >= 11 is 6.12.